The van der Waals surface area contributed by atoms with E-state index in [0.717, 1.165) is 18.5 Å². The number of anilines is 7. The fourth-order valence-electron chi connectivity index (χ4n) is 4.72. The molecule has 12 nitrogen and oxygen atoms in total. The number of aryl methyl sites for hydroxylation is 1. The number of sulfonamides is 1. The van der Waals surface area contributed by atoms with Crippen LogP contribution >= 0.6 is 11.6 Å². The summed E-state index contributed by atoms with van der Waals surface area (Å²) in [5, 5.41) is 9.02. The van der Waals surface area contributed by atoms with Crippen molar-refractivity contribution in [2.24, 2.45) is 0 Å². The van der Waals surface area contributed by atoms with Crippen molar-refractivity contribution in [3.05, 3.63) is 59.5 Å². The number of ether oxygens (including phenoxy) is 1. The van der Waals surface area contributed by atoms with Gasteiger partial charge in [0.2, 0.25) is 16.0 Å². The highest BCUT2D eigenvalue weighted by Crippen LogP contribution is 2.40. The zero-order valence-electron chi connectivity index (χ0n) is 25.2. The van der Waals surface area contributed by atoms with Crippen molar-refractivity contribution in [1.82, 2.24) is 14.9 Å². The summed E-state index contributed by atoms with van der Waals surface area (Å²) in [4.78, 5) is 25.0. The van der Waals surface area contributed by atoms with Crippen LogP contribution in [0.4, 0.5) is 44.6 Å². The molecule has 15 heteroatoms. The third-order valence-electron chi connectivity index (χ3n) is 6.93. The van der Waals surface area contributed by atoms with Crippen LogP contribution in [0, 0.1) is 0 Å². The van der Waals surface area contributed by atoms with Crippen LogP contribution in [-0.4, -0.2) is 83.3 Å². The summed E-state index contributed by atoms with van der Waals surface area (Å²) in [7, 11) is 3.71. The molecule has 236 valence electrons. The minimum absolute atomic E-state index is 0.126. The van der Waals surface area contributed by atoms with E-state index in [0.29, 0.717) is 53.7 Å². The average molecular weight is 647 g/mol. The van der Waals surface area contributed by atoms with Gasteiger partial charge in [0.05, 0.1) is 48.0 Å². The molecular weight excluding hydrogens is 611 g/mol. The van der Waals surface area contributed by atoms with Gasteiger partial charge in [-0.15, -0.1) is 0 Å². The number of nitrogens with one attached hydrogen (secondary N) is 3. The zero-order chi connectivity index (χ0) is 32.2. The summed E-state index contributed by atoms with van der Waals surface area (Å²) in [6.07, 6.45) is 4.02. The third-order valence-corrected chi connectivity index (χ3v) is 8.37. The molecule has 0 radical (unpaired) electrons. The molecule has 0 fully saturated rings. The van der Waals surface area contributed by atoms with Gasteiger partial charge in [-0.05, 0) is 44.6 Å². The number of hydrogen-bond donors (Lipinski definition) is 3. The van der Waals surface area contributed by atoms with Gasteiger partial charge in [0, 0.05) is 32.7 Å². The van der Waals surface area contributed by atoms with Gasteiger partial charge < -0.3 is 30.5 Å². The smallest absolute Gasteiger partial charge is 0.283 e. The molecule has 0 saturated heterocycles. The van der Waals surface area contributed by atoms with E-state index in [4.69, 9.17) is 16.3 Å². The molecule has 2 aromatic carbocycles. The molecule has 3 N–H and O–H groups in total. The summed E-state index contributed by atoms with van der Waals surface area (Å²) in [6.45, 7) is 4.79. The molecular formula is C29H36ClFN8O4S. The number of hydrogen-bond acceptors (Lipinski definition) is 10. The van der Waals surface area contributed by atoms with Gasteiger partial charge in [-0.3, -0.25) is 9.10 Å². The van der Waals surface area contributed by atoms with E-state index in [1.54, 1.807) is 18.2 Å². The average Bonchev–Trinajstić information content (AvgIpc) is 2.97. The van der Waals surface area contributed by atoms with E-state index >= 15 is 0 Å². The Morgan fingerprint density at radius 1 is 1.16 bits per heavy atom. The number of aromatic nitrogens is 2. The van der Waals surface area contributed by atoms with E-state index in [-0.39, 0.29) is 16.8 Å². The highest BCUT2D eigenvalue weighted by molar-refractivity contribution is 7.92. The molecule has 44 heavy (non-hydrogen) atoms. The van der Waals surface area contributed by atoms with E-state index in [1.807, 2.05) is 43.1 Å². The molecule has 2 heterocycles. The molecule has 0 unspecified atom stereocenters. The monoisotopic (exact) mass is 646 g/mol. The standard InChI is InChI=1S/C29H36ClFN8O4S/c1-18(31)28(40)34-22-15-23(25(43-5)16-24(22)38(4)14-13-37(2)3)35-29-32-17-20(30)27(36-29)33-21-11-7-9-19-10-8-12-39(26(19)21)44(6,41)42/h7,9,11,15-17H,1,8,10,12-14H2,2-6H3,(H,34,40)(H2,32,33,35,36). The lowest BCUT2D eigenvalue weighted by Crippen LogP contribution is -2.35. The van der Waals surface area contributed by atoms with Crippen LogP contribution in [-0.2, 0) is 21.2 Å². The predicted octanol–water partition coefficient (Wildman–Crippen LogP) is 4.76. The van der Waals surface area contributed by atoms with E-state index in [9.17, 15) is 17.6 Å². The Hall–Kier alpha value is -4.14. The Morgan fingerprint density at radius 2 is 1.91 bits per heavy atom. The molecule has 3 aromatic rings. The van der Waals surface area contributed by atoms with Crippen molar-refractivity contribution in [3.63, 3.8) is 0 Å². The number of halogens is 2. The van der Waals surface area contributed by atoms with Crippen molar-refractivity contribution in [3.8, 4) is 5.75 Å². The van der Waals surface area contributed by atoms with Crippen molar-refractivity contribution in [1.29, 1.82) is 0 Å². The quantitative estimate of drug-likeness (QED) is 0.237. The molecule has 1 aliphatic rings. The zero-order valence-corrected chi connectivity index (χ0v) is 26.8. The van der Waals surface area contributed by atoms with Gasteiger partial charge in [-0.25, -0.2) is 17.8 Å². The van der Waals surface area contributed by atoms with Crippen LogP contribution in [0.1, 0.15) is 12.0 Å². The molecule has 0 atom stereocenters. The van der Waals surface area contributed by atoms with Crippen LogP contribution in [0.3, 0.4) is 0 Å². The van der Waals surface area contributed by atoms with Gasteiger partial charge in [0.25, 0.3) is 5.91 Å². The summed E-state index contributed by atoms with van der Waals surface area (Å²) < 4.78 is 45.8. The topological polar surface area (TPSA) is 132 Å². The van der Waals surface area contributed by atoms with Crippen LogP contribution in [0.15, 0.2) is 48.9 Å². The molecule has 0 aliphatic carbocycles. The lowest BCUT2D eigenvalue weighted by molar-refractivity contribution is -0.114. The Labute approximate surface area is 261 Å². The first-order valence-corrected chi connectivity index (χ1v) is 15.9. The second kappa shape index (κ2) is 13.7. The number of carbonyl (C=O) groups is 1. The minimum atomic E-state index is -3.52. The van der Waals surface area contributed by atoms with Crippen LogP contribution in [0.5, 0.6) is 5.75 Å². The Balaban J connectivity index is 1.70. The summed E-state index contributed by atoms with van der Waals surface area (Å²) >= 11 is 6.46. The van der Waals surface area contributed by atoms with Gasteiger partial charge in [0.1, 0.15) is 10.8 Å². The Bertz CT molecular complexity index is 1670. The van der Waals surface area contributed by atoms with E-state index in [1.165, 1.54) is 23.9 Å². The van der Waals surface area contributed by atoms with Crippen LogP contribution in [0.25, 0.3) is 0 Å². The molecule has 0 bridgehead atoms. The minimum Gasteiger partial charge on any atom is -0.494 e. The number of nitrogens with zero attached hydrogens (tertiary/aromatic N) is 5. The number of amides is 1. The fraction of sp³-hybridized carbons (Fsp3) is 0.345. The first kappa shape index (κ1) is 32.8. The van der Waals surface area contributed by atoms with Crippen molar-refractivity contribution in [2.75, 3.05) is 79.3 Å². The van der Waals surface area contributed by atoms with Crippen molar-refractivity contribution < 1.29 is 22.3 Å². The third kappa shape index (κ3) is 7.68. The predicted molar refractivity (Wildman–Crippen MR) is 174 cm³/mol. The largest absolute Gasteiger partial charge is 0.494 e. The SMILES string of the molecule is C=C(F)C(=O)Nc1cc(Nc2ncc(Cl)c(Nc3cccc4c3N(S(C)(=O)=O)CCC4)n2)c(OC)cc1N(C)CCN(C)C. The number of rotatable bonds is 12. The number of fused-ring (bicyclic) bond motifs is 1. The van der Waals surface area contributed by atoms with E-state index in [2.05, 4.69) is 32.5 Å². The number of carbonyl (C=O) groups excluding carboxylic acids is 1. The maximum absolute atomic E-state index is 13.7. The number of likely N-dealkylation sites (N-methyl/N-ethyl adjacent to an activating group) is 2. The molecule has 0 saturated carbocycles. The number of benzene rings is 2. The first-order valence-electron chi connectivity index (χ1n) is 13.7. The molecule has 1 aliphatic heterocycles. The maximum atomic E-state index is 13.7. The van der Waals surface area contributed by atoms with E-state index < -0.39 is 21.8 Å². The fourth-order valence-corrected chi connectivity index (χ4v) is 5.87. The van der Waals surface area contributed by atoms with Crippen molar-refractivity contribution in [2.45, 2.75) is 12.8 Å². The van der Waals surface area contributed by atoms with Gasteiger partial charge in [-0.1, -0.05) is 30.3 Å². The van der Waals surface area contributed by atoms with Crippen molar-refractivity contribution >= 4 is 67.7 Å². The first-order chi connectivity index (χ1) is 20.8. The highest BCUT2D eigenvalue weighted by Gasteiger charge is 2.27. The molecule has 4 rings (SSSR count). The lowest BCUT2D eigenvalue weighted by Gasteiger charge is -2.31. The highest BCUT2D eigenvalue weighted by atomic mass is 35.5. The molecule has 1 amide bonds. The lowest BCUT2D eigenvalue weighted by atomic mass is 10.0. The molecule has 0 spiro atoms. The normalized spacial score (nSPS) is 12.9. The second-order valence-electron chi connectivity index (χ2n) is 10.5. The van der Waals surface area contributed by atoms with Gasteiger partial charge >= 0.3 is 0 Å². The Kier molecular flexibility index (Phi) is 10.2. The summed E-state index contributed by atoms with van der Waals surface area (Å²) in [5.74, 6) is -1.35. The summed E-state index contributed by atoms with van der Waals surface area (Å²) in [6, 6.07) is 8.79. The number of methoxy groups -OCH3 is 1. The maximum Gasteiger partial charge on any atom is 0.283 e. The molecule has 1 aromatic heterocycles. The van der Waals surface area contributed by atoms with Crippen LogP contribution < -0.4 is 29.9 Å². The van der Waals surface area contributed by atoms with Gasteiger partial charge in [-0.2, -0.15) is 4.98 Å². The Morgan fingerprint density at radius 3 is 2.57 bits per heavy atom. The van der Waals surface area contributed by atoms with Gasteiger partial charge in [0.15, 0.2) is 11.6 Å². The van der Waals surface area contributed by atoms with Crippen LogP contribution in [0.2, 0.25) is 5.02 Å². The summed E-state index contributed by atoms with van der Waals surface area (Å²) in [5.41, 5.74) is 3.25. The number of para-hydroxylation sites is 1. The second-order valence-corrected chi connectivity index (χ2v) is 12.9.